The zero-order valence-electron chi connectivity index (χ0n) is 14.3. The number of aryl methyl sites for hydroxylation is 1. The lowest BCUT2D eigenvalue weighted by Gasteiger charge is -2.35. The fraction of sp³-hybridized carbons (Fsp3) is 0.412. The van der Waals surface area contributed by atoms with Crippen LogP contribution in [-0.4, -0.2) is 56.6 Å². The van der Waals surface area contributed by atoms with Gasteiger partial charge in [0.25, 0.3) is 0 Å². The molecule has 1 aliphatic rings. The van der Waals surface area contributed by atoms with Gasteiger partial charge >= 0.3 is 5.82 Å². The third kappa shape index (κ3) is 4.67. The zero-order valence-corrected chi connectivity index (χ0v) is 15.8. The van der Waals surface area contributed by atoms with Crippen LogP contribution in [0.3, 0.4) is 0 Å². The van der Waals surface area contributed by atoms with E-state index < -0.39 is 4.92 Å². The molecule has 0 unspecified atom stereocenters. The topological polar surface area (TPSA) is 84.5 Å². The van der Waals surface area contributed by atoms with Gasteiger partial charge in [-0.25, -0.2) is 0 Å². The molecule has 1 amide bonds. The predicted molar refractivity (Wildman–Crippen MR) is 99.5 cm³/mol. The van der Waals surface area contributed by atoms with Crippen molar-refractivity contribution in [2.75, 3.05) is 26.2 Å². The maximum Gasteiger partial charge on any atom is 0.389 e. The molecule has 1 aliphatic heterocycles. The van der Waals surface area contributed by atoms with Crippen LogP contribution in [0.1, 0.15) is 12.0 Å². The Bertz CT molecular complexity index is 786. The molecule has 0 saturated carbocycles. The summed E-state index contributed by atoms with van der Waals surface area (Å²) in [5, 5.41) is 14.5. The van der Waals surface area contributed by atoms with E-state index in [4.69, 9.17) is 0 Å². The van der Waals surface area contributed by atoms with E-state index in [1.807, 2.05) is 23.1 Å². The number of amides is 1. The monoisotopic (exact) mass is 421 g/mol. The van der Waals surface area contributed by atoms with Gasteiger partial charge in [-0.1, -0.05) is 34.1 Å². The van der Waals surface area contributed by atoms with Crippen molar-refractivity contribution < 1.29 is 9.72 Å². The summed E-state index contributed by atoms with van der Waals surface area (Å²) < 4.78 is 2.55. The minimum atomic E-state index is -0.539. The minimum absolute atomic E-state index is 0.0590. The molecule has 0 aliphatic carbocycles. The van der Waals surface area contributed by atoms with Crippen LogP contribution in [-0.2, 0) is 17.9 Å². The average molecular weight is 422 g/mol. The van der Waals surface area contributed by atoms with Crippen molar-refractivity contribution >= 4 is 27.7 Å². The second-order valence-electron chi connectivity index (χ2n) is 6.19. The standard InChI is InChI=1S/C17H20BrN5O3/c18-15-4-2-1-3-14(15)13-20-9-11-21(12-10-20)17(24)6-8-22-7-5-16(19-22)23(25)26/h1-5,7H,6,8-13H2. The van der Waals surface area contributed by atoms with Gasteiger partial charge in [-0.3, -0.25) is 9.69 Å². The van der Waals surface area contributed by atoms with Gasteiger partial charge in [0.05, 0.1) is 23.9 Å². The Balaban J connectivity index is 1.44. The predicted octanol–water partition coefficient (Wildman–Crippen LogP) is 2.29. The first-order valence-electron chi connectivity index (χ1n) is 8.44. The number of benzene rings is 1. The number of nitro groups is 1. The van der Waals surface area contributed by atoms with Gasteiger partial charge < -0.3 is 15.0 Å². The molecule has 1 aromatic heterocycles. The Hall–Kier alpha value is -2.26. The number of halogens is 1. The molecule has 8 nitrogen and oxygen atoms in total. The summed E-state index contributed by atoms with van der Waals surface area (Å²) in [5.41, 5.74) is 1.24. The van der Waals surface area contributed by atoms with Gasteiger partial charge in [0.15, 0.2) is 0 Å². The highest BCUT2D eigenvalue weighted by molar-refractivity contribution is 9.10. The smallest absolute Gasteiger partial charge is 0.358 e. The molecular formula is C17H20BrN5O3. The number of hydrogen-bond donors (Lipinski definition) is 0. The molecule has 0 atom stereocenters. The number of carbonyl (C=O) groups is 1. The lowest BCUT2D eigenvalue weighted by atomic mass is 10.2. The van der Waals surface area contributed by atoms with Crippen LogP contribution in [0.4, 0.5) is 5.82 Å². The van der Waals surface area contributed by atoms with E-state index in [-0.39, 0.29) is 11.7 Å². The van der Waals surface area contributed by atoms with Crippen molar-refractivity contribution in [2.45, 2.75) is 19.5 Å². The van der Waals surface area contributed by atoms with E-state index in [9.17, 15) is 14.9 Å². The first-order chi connectivity index (χ1) is 12.5. The number of hydrogen-bond acceptors (Lipinski definition) is 5. The van der Waals surface area contributed by atoms with E-state index in [0.717, 1.165) is 24.1 Å². The van der Waals surface area contributed by atoms with Crippen molar-refractivity contribution in [1.29, 1.82) is 0 Å². The van der Waals surface area contributed by atoms with Crippen molar-refractivity contribution in [1.82, 2.24) is 19.6 Å². The maximum atomic E-state index is 12.4. The molecule has 26 heavy (non-hydrogen) atoms. The highest BCUT2D eigenvalue weighted by Crippen LogP contribution is 2.18. The highest BCUT2D eigenvalue weighted by atomic mass is 79.9. The first-order valence-corrected chi connectivity index (χ1v) is 9.23. The quantitative estimate of drug-likeness (QED) is 0.527. The fourth-order valence-electron chi connectivity index (χ4n) is 2.96. The average Bonchev–Trinajstić information content (AvgIpc) is 3.12. The molecule has 9 heteroatoms. The lowest BCUT2D eigenvalue weighted by Crippen LogP contribution is -2.48. The van der Waals surface area contributed by atoms with E-state index in [1.54, 1.807) is 0 Å². The molecule has 0 radical (unpaired) electrons. The van der Waals surface area contributed by atoms with Gasteiger partial charge in [-0.2, -0.15) is 4.68 Å². The summed E-state index contributed by atoms with van der Waals surface area (Å²) in [4.78, 5) is 26.6. The summed E-state index contributed by atoms with van der Waals surface area (Å²) in [7, 11) is 0. The molecule has 0 bridgehead atoms. The van der Waals surface area contributed by atoms with Gasteiger partial charge in [0.2, 0.25) is 5.91 Å². The Morgan fingerprint density at radius 3 is 2.58 bits per heavy atom. The Labute approximate surface area is 159 Å². The fourth-order valence-corrected chi connectivity index (χ4v) is 3.37. The van der Waals surface area contributed by atoms with Crippen LogP contribution in [0, 0.1) is 10.1 Å². The van der Waals surface area contributed by atoms with Crippen molar-refractivity contribution in [3.8, 4) is 0 Å². The van der Waals surface area contributed by atoms with Gasteiger partial charge in [-0.05, 0) is 16.6 Å². The van der Waals surface area contributed by atoms with Crippen LogP contribution in [0.2, 0.25) is 0 Å². The molecule has 0 N–H and O–H groups in total. The Kier molecular flexibility index (Phi) is 6.00. The van der Waals surface area contributed by atoms with Gasteiger partial charge in [-0.15, -0.1) is 0 Å². The third-order valence-electron chi connectivity index (χ3n) is 4.45. The van der Waals surface area contributed by atoms with Crippen molar-refractivity contribution in [3.05, 3.63) is 56.7 Å². The highest BCUT2D eigenvalue weighted by Gasteiger charge is 2.22. The zero-order chi connectivity index (χ0) is 18.5. The number of rotatable bonds is 6. The van der Waals surface area contributed by atoms with Gasteiger partial charge in [0, 0.05) is 43.6 Å². The summed E-state index contributed by atoms with van der Waals surface area (Å²) in [6, 6.07) is 9.50. The Morgan fingerprint density at radius 1 is 1.19 bits per heavy atom. The van der Waals surface area contributed by atoms with E-state index >= 15 is 0 Å². The molecule has 138 valence electrons. The molecule has 1 saturated heterocycles. The lowest BCUT2D eigenvalue weighted by molar-refractivity contribution is -0.389. The number of piperazine rings is 1. The number of nitrogens with zero attached hydrogens (tertiary/aromatic N) is 5. The third-order valence-corrected chi connectivity index (χ3v) is 5.22. The summed E-state index contributed by atoms with van der Waals surface area (Å²) in [5.74, 6) is -0.137. The van der Waals surface area contributed by atoms with E-state index in [1.165, 1.54) is 22.5 Å². The molecule has 3 rings (SSSR count). The van der Waals surface area contributed by atoms with Crippen LogP contribution < -0.4 is 0 Å². The molecular weight excluding hydrogens is 402 g/mol. The largest absolute Gasteiger partial charge is 0.389 e. The van der Waals surface area contributed by atoms with Crippen LogP contribution >= 0.6 is 15.9 Å². The number of carbonyl (C=O) groups excluding carboxylic acids is 1. The summed E-state index contributed by atoms with van der Waals surface area (Å²) in [6.07, 6.45) is 1.82. The first kappa shape index (κ1) is 18.5. The summed E-state index contributed by atoms with van der Waals surface area (Å²) in [6.45, 7) is 4.27. The Morgan fingerprint density at radius 2 is 1.92 bits per heavy atom. The number of aromatic nitrogens is 2. The second kappa shape index (κ2) is 8.41. The van der Waals surface area contributed by atoms with Crippen LogP contribution in [0.5, 0.6) is 0 Å². The van der Waals surface area contributed by atoms with E-state index in [0.29, 0.717) is 26.1 Å². The van der Waals surface area contributed by atoms with Crippen molar-refractivity contribution in [2.24, 2.45) is 0 Å². The SMILES string of the molecule is O=C(CCn1ccc([N+](=O)[O-])n1)N1CCN(Cc2ccccc2Br)CC1. The van der Waals surface area contributed by atoms with Crippen LogP contribution in [0.25, 0.3) is 0 Å². The molecule has 2 heterocycles. The normalized spacial score (nSPS) is 15.2. The summed E-state index contributed by atoms with van der Waals surface area (Å²) >= 11 is 3.57. The molecule has 1 fully saturated rings. The molecule has 2 aromatic rings. The van der Waals surface area contributed by atoms with E-state index in [2.05, 4.69) is 32.0 Å². The molecule has 1 aromatic carbocycles. The minimum Gasteiger partial charge on any atom is -0.358 e. The van der Waals surface area contributed by atoms with Crippen molar-refractivity contribution in [3.63, 3.8) is 0 Å². The van der Waals surface area contributed by atoms with Crippen LogP contribution in [0.15, 0.2) is 41.0 Å². The second-order valence-corrected chi connectivity index (χ2v) is 7.05. The molecule has 0 spiro atoms. The van der Waals surface area contributed by atoms with Gasteiger partial charge in [0.1, 0.15) is 0 Å². The maximum absolute atomic E-state index is 12.4.